The van der Waals surface area contributed by atoms with E-state index in [1.54, 1.807) is 19.1 Å². The van der Waals surface area contributed by atoms with E-state index in [0.717, 1.165) is 39.5 Å². The van der Waals surface area contributed by atoms with E-state index in [1.165, 1.54) is 0 Å². The fraction of sp³-hybridized carbons (Fsp3) is 0.250. The molecule has 0 aliphatic heterocycles. The van der Waals surface area contributed by atoms with Crippen molar-refractivity contribution in [2.75, 3.05) is 23.7 Å². The fourth-order valence-electron chi connectivity index (χ4n) is 1.92. The molecule has 5 heteroatoms. The van der Waals surface area contributed by atoms with E-state index in [4.69, 9.17) is 10.5 Å². The molecule has 0 fully saturated rings. The Labute approximate surface area is 138 Å². The maximum Gasteiger partial charge on any atom is 0.134 e. The first kappa shape index (κ1) is 16.0. The third-order valence-electron chi connectivity index (χ3n) is 2.94. The summed E-state index contributed by atoms with van der Waals surface area (Å²) in [5.41, 5.74) is 7.80. The van der Waals surface area contributed by atoms with Crippen LogP contribution in [0.4, 0.5) is 11.4 Å². The van der Waals surface area contributed by atoms with Gasteiger partial charge in [-0.1, -0.05) is 22.9 Å². The summed E-state index contributed by atoms with van der Waals surface area (Å²) in [5, 5.41) is 0. The highest BCUT2D eigenvalue weighted by molar-refractivity contribution is 9.10. The predicted molar refractivity (Wildman–Crippen MR) is 95.0 cm³/mol. The van der Waals surface area contributed by atoms with Crippen molar-refractivity contribution in [3.8, 4) is 5.75 Å². The monoisotopic (exact) mass is 366 g/mol. The van der Waals surface area contributed by atoms with Crippen LogP contribution in [0, 0.1) is 0 Å². The van der Waals surface area contributed by atoms with Gasteiger partial charge in [-0.3, -0.25) is 0 Å². The maximum atomic E-state index is 5.90. The number of halogens is 1. The first-order valence-electron chi connectivity index (χ1n) is 6.78. The van der Waals surface area contributed by atoms with E-state index in [2.05, 4.69) is 51.4 Å². The second-order valence-electron chi connectivity index (χ2n) is 4.58. The second kappa shape index (κ2) is 7.61. The Hall–Kier alpha value is -1.33. The molecule has 0 spiro atoms. The Bertz CT molecular complexity index is 589. The van der Waals surface area contributed by atoms with Gasteiger partial charge in [0, 0.05) is 22.4 Å². The Kier molecular flexibility index (Phi) is 5.82. The number of nitrogens with zero attached hydrogens (tertiary/aromatic N) is 1. The van der Waals surface area contributed by atoms with E-state index in [9.17, 15) is 0 Å². The van der Waals surface area contributed by atoms with Crippen molar-refractivity contribution in [1.82, 2.24) is 0 Å². The predicted octanol–water partition coefficient (Wildman–Crippen LogP) is 4.96. The maximum absolute atomic E-state index is 5.90. The van der Waals surface area contributed by atoms with Crippen LogP contribution in [-0.2, 0) is 0 Å². The van der Waals surface area contributed by atoms with E-state index >= 15 is 0 Å². The number of rotatable bonds is 6. The minimum absolute atomic E-state index is 0.741. The first-order chi connectivity index (χ1) is 10.1. The molecule has 0 aliphatic carbocycles. The molecule has 0 radical (unpaired) electrons. The van der Waals surface area contributed by atoms with Gasteiger partial charge >= 0.3 is 0 Å². The number of anilines is 2. The van der Waals surface area contributed by atoms with Crippen molar-refractivity contribution in [3.63, 3.8) is 0 Å². The second-order valence-corrected chi connectivity index (χ2v) is 6.56. The summed E-state index contributed by atoms with van der Waals surface area (Å²) in [6.07, 6.45) is 1.06. The van der Waals surface area contributed by atoms with Crippen LogP contribution in [0.1, 0.15) is 13.3 Å². The van der Waals surface area contributed by atoms with Gasteiger partial charge in [0.2, 0.25) is 0 Å². The summed E-state index contributed by atoms with van der Waals surface area (Å²) in [7, 11) is 1.68. The number of nitrogen functional groups attached to an aromatic ring is 1. The molecule has 0 bridgehead atoms. The molecule has 3 nitrogen and oxygen atoms in total. The van der Waals surface area contributed by atoms with Gasteiger partial charge < -0.3 is 14.8 Å². The normalized spacial score (nSPS) is 10.4. The minimum atomic E-state index is 0.741. The van der Waals surface area contributed by atoms with Crippen LogP contribution in [0.3, 0.4) is 0 Å². The third-order valence-corrected chi connectivity index (χ3v) is 4.60. The van der Waals surface area contributed by atoms with Crippen molar-refractivity contribution in [2.45, 2.75) is 18.2 Å². The highest BCUT2D eigenvalue weighted by atomic mass is 79.9. The average Bonchev–Trinajstić information content (AvgIpc) is 2.48. The highest BCUT2D eigenvalue weighted by Crippen LogP contribution is 2.36. The molecule has 21 heavy (non-hydrogen) atoms. The fourth-order valence-corrected chi connectivity index (χ4v) is 3.35. The summed E-state index contributed by atoms with van der Waals surface area (Å²) in [5.74, 6) is 0.840. The molecule has 2 N–H and O–H groups in total. The van der Waals surface area contributed by atoms with E-state index in [-0.39, 0.29) is 0 Å². The first-order valence-corrected chi connectivity index (χ1v) is 8.35. The lowest BCUT2D eigenvalue weighted by Crippen LogP contribution is -2.15. The SMILES string of the molecule is CCCN(Sc1cc(N)ccc1OC)c1ccc(Br)cc1. The zero-order chi connectivity index (χ0) is 15.2. The summed E-state index contributed by atoms with van der Waals surface area (Å²) >= 11 is 5.12. The summed E-state index contributed by atoms with van der Waals surface area (Å²) in [6, 6.07) is 14.0. The van der Waals surface area contributed by atoms with Crippen molar-refractivity contribution >= 4 is 39.3 Å². The van der Waals surface area contributed by atoms with Crippen LogP contribution in [0.15, 0.2) is 51.8 Å². The van der Waals surface area contributed by atoms with Gasteiger partial charge in [-0.2, -0.15) is 0 Å². The summed E-state index contributed by atoms with van der Waals surface area (Å²) in [4.78, 5) is 1.02. The number of ether oxygens (including phenoxy) is 1. The van der Waals surface area contributed by atoms with E-state index in [0.29, 0.717) is 0 Å². The van der Waals surface area contributed by atoms with Gasteiger partial charge in [-0.25, -0.2) is 0 Å². The summed E-state index contributed by atoms with van der Waals surface area (Å²) < 4.78 is 8.76. The Balaban J connectivity index is 2.27. The van der Waals surface area contributed by atoms with Crippen LogP contribution in [0.5, 0.6) is 5.75 Å². The Morgan fingerprint density at radius 1 is 1.19 bits per heavy atom. The zero-order valence-electron chi connectivity index (χ0n) is 12.2. The molecule has 0 saturated heterocycles. The lowest BCUT2D eigenvalue weighted by Gasteiger charge is -2.24. The highest BCUT2D eigenvalue weighted by Gasteiger charge is 2.12. The van der Waals surface area contributed by atoms with Crippen LogP contribution >= 0.6 is 27.9 Å². The molecule has 0 amide bonds. The molecular formula is C16H19BrN2OS. The lowest BCUT2D eigenvalue weighted by atomic mass is 10.3. The number of nitrogens with two attached hydrogens (primary N) is 1. The smallest absolute Gasteiger partial charge is 0.134 e. The Morgan fingerprint density at radius 3 is 2.52 bits per heavy atom. The standard InChI is InChI=1S/C16H19BrN2OS/c1-3-10-19(14-7-4-12(17)5-8-14)21-16-11-13(18)6-9-15(16)20-2/h4-9,11H,3,10,18H2,1-2H3. The molecule has 2 aromatic rings. The number of hydrogen-bond acceptors (Lipinski definition) is 4. The molecule has 0 saturated carbocycles. The number of hydrogen-bond donors (Lipinski definition) is 1. The Morgan fingerprint density at radius 2 is 1.90 bits per heavy atom. The van der Waals surface area contributed by atoms with Crippen LogP contribution in [0.2, 0.25) is 0 Å². The van der Waals surface area contributed by atoms with Crippen molar-refractivity contribution in [2.24, 2.45) is 0 Å². The zero-order valence-corrected chi connectivity index (χ0v) is 14.6. The summed E-state index contributed by atoms with van der Waals surface area (Å²) in [6.45, 7) is 3.12. The lowest BCUT2D eigenvalue weighted by molar-refractivity contribution is 0.405. The van der Waals surface area contributed by atoms with Crippen molar-refractivity contribution in [3.05, 3.63) is 46.9 Å². The van der Waals surface area contributed by atoms with Crippen LogP contribution in [0.25, 0.3) is 0 Å². The van der Waals surface area contributed by atoms with Crippen molar-refractivity contribution < 1.29 is 4.74 Å². The van der Waals surface area contributed by atoms with Gasteiger partial charge in [-0.05, 0) is 60.8 Å². The topological polar surface area (TPSA) is 38.5 Å². The molecule has 0 unspecified atom stereocenters. The van der Waals surface area contributed by atoms with Gasteiger partial charge in [-0.15, -0.1) is 0 Å². The molecule has 0 aliphatic rings. The molecule has 0 heterocycles. The molecule has 0 atom stereocenters. The molecule has 2 aromatic carbocycles. The van der Waals surface area contributed by atoms with Crippen molar-refractivity contribution in [1.29, 1.82) is 0 Å². The van der Waals surface area contributed by atoms with Crippen LogP contribution in [-0.4, -0.2) is 13.7 Å². The molecule has 2 rings (SSSR count). The van der Waals surface area contributed by atoms with Crippen LogP contribution < -0.4 is 14.8 Å². The molecule has 112 valence electrons. The van der Waals surface area contributed by atoms with Gasteiger partial charge in [0.15, 0.2) is 0 Å². The van der Waals surface area contributed by atoms with Gasteiger partial charge in [0.25, 0.3) is 0 Å². The third kappa shape index (κ3) is 4.32. The van der Waals surface area contributed by atoms with E-state index < -0.39 is 0 Å². The largest absolute Gasteiger partial charge is 0.496 e. The van der Waals surface area contributed by atoms with Gasteiger partial charge in [0.1, 0.15) is 5.75 Å². The number of methoxy groups -OCH3 is 1. The molecule has 0 aromatic heterocycles. The average molecular weight is 367 g/mol. The quantitative estimate of drug-likeness (QED) is 0.578. The van der Waals surface area contributed by atoms with Gasteiger partial charge in [0.05, 0.1) is 12.0 Å². The molecular weight excluding hydrogens is 348 g/mol. The number of benzene rings is 2. The minimum Gasteiger partial charge on any atom is -0.496 e. The van der Waals surface area contributed by atoms with E-state index in [1.807, 2.05) is 18.2 Å².